The summed E-state index contributed by atoms with van der Waals surface area (Å²) < 4.78 is 4.55. The molecule has 3 aromatic heterocycles. The van der Waals surface area contributed by atoms with Crippen LogP contribution in [0.5, 0.6) is 0 Å². The van der Waals surface area contributed by atoms with Crippen LogP contribution in [0.25, 0.3) is 145 Å². The molecule has 0 amide bonds. The van der Waals surface area contributed by atoms with Crippen LogP contribution in [-0.2, 0) is 0 Å². The summed E-state index contributed by atoms with van der Waals surface area (Å²) in [4.78, 5) is 15.5. The summed E-state index contributed by atoms with van der Waals surface area (Å²) in [6, 6.07) is 99.8. The molecule has 15 aromatic rings. The van der Waals surface area contributed by atoms with Crippen LogP contribution in [0.15, 0.2) is 267 Å². The zero-order valence-electron chi connectivity index (χ0n) is 47.9. The molecule has 0 N–H and O–H groups in total. The van der Waals surface area contributed by atoms with E-state index in [2.05, 4.69) is 124 Å². The lowest BCUT2D eigenvalue weighted by atomic mass is 9.96. The lowest BCUT2D eigenvalue weighted by molar-refractivity contribution is 1.07. The number of nitriles is 5. The Morgan fingerprint density at radius 2 is 0.533 bits per heavy atom. The van der Waals surface area contributed by atoms with Gasteiger partial charge < -0.3 is 9.13 Å². The SMILES string of the molecule is N#Cc1cccc(-c2ccc3c(c2)c2cc(-c4cccc(C#N)c4)ccc2n3-c2ccc(C#N)cc2-c2ccc(-c3nc(-c4ccccc4)nc(-c4ccccc4)n3)cc2-n2c3ccc(-c4cccc(C#N)c4)cc3c3cc(-c4cccc(C#N)c4)ccc32)c1. The van der Waals surface area contributed by atoms with Crippen LogP contribution in [0, 0.1) is 56.7 Å². The number of fused-ring (bicyclic) bond motifs is 6. The number of benzene rings is 12. The Morgan fingerprint density at radius 3 is 0.900 bits per heavy atom. The molecule has 0 saturated carbocycles. The second-order valence-electron chi connectivity index (χ2n) is 22.0. The molecule has 10 nitrogen and oxygen atoms in total. The smallest absolute Gasteiger partial charge is 0.164 e. The molecule has 0 spiro atoms. The molecule has 0 radical (unpaired) electrons. The van der Waals surface area contributed by atoms with Gasteiger partial charge in [0.15, 0.2) is 17.5 Å². The van der Waals surface area contributed by atoms with Crippen LogP contribution in [0.2, 0.25) is 0 Å². The maximum absolute atomic E-state index is 10.9. The molecule has 0 unspecified atom stereocenters. The third-order valence-electron chi connectivity index (χ3n) is 16.7. The van der Waals surface area contributed by atoms with Crippen molar-refractivity contribution >= 4 is 43.6 Å². The van der Waals surface area contributed by atoms with E-state index in [0.717, 1.165) is 122 Å². The lowest BCUT2D eigenvalue weighted by Gasteiger charge is -2.20. The van der Waals surface area contributed by atoms with Gasteiger partial charge in [-0.2, -0.15) is 26.3 Å². The minimum Gasteiger partial charge on any atom is -0.309 e. The average Bonchev–Trinajstić information content (AvgIpc) is 1.58. The molecule has 12 aromatic carbocycles. The highest BCUT2D eigenvalue weighted by Gasteiger charge is 2.25. The second kappa shape index (κ2) is 22.3. The van der Waals surface area contributed by atoms with E-state index >= 15 is 0 Å². The Bertz CT molecular complexity index is 5400. The van der Waals surface area contributed by atoms with Gasteiger partial charge in [-0.1, -0.05) is 146 Å². The summed E-state index contributed by atoms with van der Waals surface area (Å²) in [6.07, 6.45) is 0. The average molecular weight is 1150 g/mol. The molecule has 0 aliphatic heterocycles. The largest absolute Gasteiger partial charge is 0.309 e. The van der Waals surface area contributed by atoms with Crippen LogP contribution in [0.3, 0.4) is 0 Å². The van der Waals surface area contributed by atoms with Gasteiger partial charge in [0.1, 0.15) is 0 Å². The second-order valence-corrected chi connectivity index (χ2v) is 22.0. The molecule has 3 heterocycles. The van der Waals surface area contributed by atoms with E-state index < -0.39 is 0 Å². The van der Waals surface area contributed by atoms with E-state index in [4.69, 9.17) is 15.0 Å². The fourth-order valence-corrected chi connectivity index (χ4v) is 12.4. The first-order valence-electron chi connectivity index (χ1n) is 29.1. The highest BCUT2D eigenvalue weighted by Crippen LogP contribution is 2.45. The van der Waals surface area contributed by atoms with Crippen LogP contribution in [-0.4, -0.2) is 24.1 Å². The van der Waals surface area contributed by atoms with Crippen LogP contribution < -0.4 is 0 Å². The maximum atomic E-state index is 10.9. The van der Waals surface area contributed by atoms with Crippen molar-refractivity contribution in [1.29, 1.82) is 26.3 Å². The summed E-state index contributed by atoms with van der Waals surface area (Å²) in [5.74, 6) is 1.48. The fraction of sp³-hybridized carbons (Fsp3) is 0. The topological polar surface area (TPSA) is 167 Å². The van der Waals surface area contributed by atoms with Crippen molar-refractivity contribution < 1.29 is 0 Å². The quantitative estimate of drug-likeness (QED) is 0.130. The monoisotopic (exact) mass is 1140 g/mol. The van der Waals surface area contributed by atoms with Crippen molar-refractivity contribution in [2.45, 2.75) is 0 Å². The van der Waals surface area contributed by atoms with E-state index in [0.29, 0.717) is 50.9 Å². The van der Waals surface area contributed by atoms with E-state index in [1.165, 1.54) is 0 Å². The summed E-state index contributed by atoms with van der Waals surface area (Å²) in [5, 5.41) is 54.7. The lowest BCUT2D eigenvalue weighted by Crippen LogP contribution is -2.04. The molecule has 0 saturated heterocycles. The van der Waals surface area contributed by atoms with E-state index in [9.17, 15) is 26.3 Å². The van der Waals surface area contributed by atoms with E-state index in [-0.39, 0.29) is 0 Å². The first-order valence-corrected chi connectivity index (χ1v) is 29.1. The van der Waals surface area contributed by atoms with Gasteiger partial charge in [0.2, 0.25) is 0 Å². The summed E-state index contributed by atoms with van der Waals surface area (Å²) in [7, 11) is 0. The van der Waals surface area contributed by atoms with Crippen molar-refractivity contribution in [1.82, 2.24) is 24.1 Å². The third-order valence-corrected chi connectivity index (χ3v) is 16.7. The van der Waals surface area contributed by atoms with Gasteiger partial charge in [0.25, 0.3) is 0 Å². The van der Waals surface area contributed by atoms with Gasteiger partial charge in [-0.05, 0) is 166 Å². The first kappa shape index (κ1) is 53.4. The van der Waals surface area contributed by atoms with Crippen molar-refractivity contribution in [2.75, 3.05) is 0 Å². The molecule has 10 heteroatoms. The molecule has 90 heavy (non-hydrogen) atoms. The minimum absolute atomic E-state index is 0.455. The standard InChI is InChI=1S/C80H44N10/c81-45-50-11-7-19-57(35-50)61-25-31-73-68(40-61)69-41-62(58-20-8-12-51(36-58)46-82)26-32-74(69)89(73)72-30-23-54(49-85)39-67(72)66-29-24-65(80-87-78(55-15-3-1-4-16-55)86-79(88-80)56-17-5-2-6-18-56)44-77(66)90-75-33-27-63(59-21-9-13-52(37-59)47-83)42-70(75)71-43-64(28-34-76(71)90)60-22-10-14-53(38-60)48-84/h1-44H. The fourth-order valence-electron chi connectivity index (χ4n) is 12.4. The van der Waals surface area contributed by atoms with E-state index in [1.54, 1.807) is 24.3 Å². The Morgan fingerprint density at radius 1 is 0.222 bits per heavy atom. The predicted octanol–water partition coefficient (Wildman–Crippen LogP) is 18.8. The minimum atomic E-state index is 0.455. The van der Waals surface area contributed by atoms with Gasteiger partial charge in [-0.25, -0.2) is 15.0 Å². The number of aromatic nitrogens is 5. The number of hydrogen-bond donors (Lipinski definition) is 0. The van der Waals surface area contributed by atoms with Crippen LogP contribution >= 0.6 is 0 Å². The van der Waals surface area contributed by atoms with Crippen molar-refractivity contribution in [3.05, 3.63) is 295 Å². The van der Waals surface area contributed by atoms with Crippen LogP contribution in [0.4, 0.5) is 0 Å². The summed E-state index contributed by atoms with van der Waals surface area (Å²) >= 11 is 0. The van der Waals surface area contributed by atoms with E-state index in [1.807, 2.05) is 158 Å². The number of nitrogens with zero attached hydrogens (tertiary/aromatic N) is 10. The molecule has 0 aliphatic carbocycles. The molecule has 0 atom stereocenters. The Hall–Kier alpha value is -13.3. The molecule has 0 aliphatic rings. The number of rotatable bonds is 10. The van der Waals surface area contributed by atoms with Gasteiger partial charge >= 0.3 is 0 Å². The molecule has 15 rings (SSSR count). The molecule has 0 bridgehead atoms. The molecule has 414 valence electrons. The van der Waals surface area contributed by atoms with Crippen LogP contribution in [0.1, 0.15) is 27.8 Å². The third kappa shape index (κ3) is 9.50. The zero-order chi connectivity index (χ0) is 60.8. The van der Waals surface area contributed by atoms with Gasteiger partial charge in [0, 0.05) is 49.4 Å². The maximum Gasteiger partial charge on any atom is 0.164 e. The first-order chi connectivity index (χ1) is 44.3. The Kier molecular flexibility index (Phi) is 13.2. The normalized spacial score (nSPS) is 11.1. The van der Waals surface area contributed by atoms with Gasteiger partial charge in [-0.15, -0.1) is 0 Å². The molecular weight excluding hydrogens is 1100 g/mol. The Labute approximate surface area is 517 Å². The molecule has 0 fully saturated rings. The zero-order valence-corrected chi connectivity index (χ0v) is 47.9. The highest BCUT2D eigenvalue weighted by molar-refractivity contribution is 6.14. The van der Waals surface area contributed by atoms with Gasteiger partial charge in [0.05, 0.1) is 91.6 Å². The van der Waals surface area contributed by atoms with Crippen molar-refractivity contribution in [3.63, 3.8) is 0 Å². The van der Waals surface area contributed by atoms with Crippen molar-refractivity contribution in [3.8, 4) is 132 Å². The number of hydrogen-bond acceptors (Lipinski definition) is 8. The summed E-state index contributed by atoms with van der Waals surface area (Å²) in [5.41, 5.74) is 19.1. The Balaban J connectivity index is 1.04. The molecular formula is C80H44N10. The predicted molar refractivity (Wildman–Crippen MR) is 356 cm³/mol. The van der Waals surface area contributed by atoms with Gasteiger partial charge in [-0.3, -0.25) is 0 Å². The summed E-state index contributed by atoms with van der Waals surface area (Å²) in [6.45, 7) is 0. The highest BCUT2D eigenvalue weighted by atomic mass is 15.0. The van der Waals surface area contributed by atoms with Crippen molar-refractivity contribution in [2.24, 2.45) is 0 Å².